The lowest BCUT2D eigenvalue weighted by atomic mass is 10.2. The van der Waals surface area contributed by atoms with Crippen molar-refractivity contribution in [1.29, 1.82) is 0 Å². The first-order valence-corrected chi connectivity index (χ1v) is 10.2. The zero-order valence-corrected chi connectivity index (χ0v) is 16.8. The van der Waals surface area contributed by atoms with Gasteiger partial charge in [-0.2, -0.15) is 0 Å². The fraction of sp³-hybridized carbons (Fsp3) is 0.333. The first kappa shape index (κ1) is 19.6. The number of halogens is 1. The summed E-state index contributed by atoms with van der Waals surface area (Å²) < 4.78 is 31.3. The number of methoxy groups -OCH3 is 1. The van der Waals surface area contributed by atoms with Crippen LogP contribution in [0.1, 0.15) is 12.8 Å². The third-order valence-electron chi connectivity index (χ3n) is 4.70. The first-order valence-electron chi connectivity index (χ1n) is 9.38. The number of carbonyl (C=O) groups is 1. The van der Waals surface area contributed by atoms with Crippen LogP contribution in [0.3, 0.4) is 0 Å². The number of hydrogen-bond donors (Lipinski definition) is 0. The van der Waals surface area contributed by atoms with Gasteiger partial charge in [-0.15, -0.1) is 0 Å². The van der Waals surface area contributed by atoms with Crippen LogP contribution in [0.4, 0.5) is 9.52 Å². The van der Waals surface area contributed by atoms with Crippen molar-refractivity contribution in [3.63, 3.8) is 0 Å². The van der Waals surface area contributed by atoms with Crippen LogP contribution in [0.2, 0.25) is 0 Å². The number of para-hydroxylation sites is 1. The Kier molecular flexibility index (Phi) is 5.92. The lowest BCUT2D eigenvalue weighted by Crippen LogP contribution is -2.40. The summed E-state index contributed by atoms with van der Waals surface area (Å²) in [5, 5.41) is 0.444. The van der Waals surface area contributed by atoms with E-state index in [1.54, 1.807) is 48.4 Å². The van der Waals surface area contributed by atoms with Gasteiger partial charge >= 0.3 is 0 Å². The minimum absolute atomic E-state index is 0.0624. The van der Waals surface area contributed by atoms with E-state index in [1.807, 2.05) is 0 Å². The summed E-state index contributed by atoms with van der Waals surface area (Å²) in [6, 6.07) is 11.9. The number of benzene rings is 2. The molecule has 1 aliphatic heterocycles. The molecule has 29 heavy (non-hydrogen) atoms. The summed E-state index contributed by atoms with van der Waals surface area (Å²) in [5.74, 6) is 0.517. The molecule has 0 aliphatic carbocycles. The van der Waals surface area contributed by atoms with Gasteiger partial charge in [0.05, 0.1) is 24.5 Å². The van der Waals surface area contributed by atoms with Gasteiger partial charge in [-0.05, 0) is 37.1 Å². The Bertz CT molecular complexity index is 1000. The molecule has 1 amide bonds. The van der Waals surface area contributed by atoms with Gasteiger partial charge in [0.15, 0.2) is 11.7 Å². The Balaban J connectivity index is 1.55. The fourth-order valence-electron chi connectivity index (χ4n) is 3.21. The summed E-state index contributed by atoms with van der Waals surface area (Å²) >= 11 is 1.28. The number of rotatable bonds is 7. The van der Waals surface area contributed by atoms with Gasteiger partial charge in [0.2, 0.25) is 0 Å². The maximum Gasteiger partial charge on any atom is 0.266 e. The maximum atomic E-state index is 14.1. The van der Waals surface area contributed by atoms with Gasteiger partial charge in [0.25, 0.3) is 5.91 Å². The quantitative estimate of drug-likeness (QED) is 0.582. The summed E-state index contributed by atoms with van der Waals surface area (Å²) in [6.45, 7) is 0.877. The van der Waals surface area contributed by atoms with Crippen molar-refractivity contribution in [3.8, 4) is 11.5 Å². The van der Waals surface area contributed by atoms with Crippen molar-refractivity contribution in [2.75, 3.05) is 31.8 Å². The van der Waals surface area contributed by atoms with Crippen LogP contribution in [-0.2, 0) is 9.53 Å². The smallest absolute Gasteiger partial charge is 0.266 e. The van der Waals surface area contributed by atoms with Gasteiger partial charge in [-0.25, -0.2) is 9.37 Å². The van der Waals surface area contributed by atoms with E-state index in [1.165, 1.54) is 17.4 Å². The van der Waals surface area contributed by atoms with Gasteiger partial charge < -0.3 is 14.2 Å². The van der Waals surface area contributed by atoms with Crippen LogP contribution in [-0.4, -0.2) is 43.9 Å². The molecule has 1 unspecified atom stereocenters. The Hall–Kier alpha value is -2.71. The third kappa shape index (κ3) is 4.49. The van der Waals surface area contributed by atoms with E-state index in [-0.39, 0.29) is 24.1 Å². The second-order valence-corrected chi connectivity index (χ2v) is 7.70. The second kappa shape index (κ2) is 8.75. The van der Waals surface area contributed by atoms with Gasteiger partial charge in [0, 0.05) is 12.7 Å². The molecule has 8 heteroatoms. The molecule has 2 heterocycles. The van der Waals surface area contributed by atoms with Crippen LogP contribution >= 0.6 is 11.3 Å². The molecule has 0 radical (unpaired) electrons. The number of aromatic nitrogens is 1. The van der Waals surface area contributed by atoms with E-state index in [2.05, 4.69) is 4.98 Å². The highest BCUT2D eigenvalue weighted by Crippen LogP contribution is 2.31. The zero-order chi connectivity index (χ0) is 20.2. The highest BCUT2D eigenvalue weighted by Gasteiger charge is 2.27. The number of anilines is 1. The number of amides is 1. The fourth-order valence-corrected chi connectivity index (χ4v) is 4.22. The number of fused-ring (bicyclic) bond motifs is 1. The standard InChI is InChI=1S/C21H21FN2O4S/c1-26-14-5-2-6-15(11-14)28-13-19(25)24(12-16-7-4-10-27-16)21-23-20-17(22)8-3-9-18(20)29-21/h2-3,5-6,8-9,11,16H,4,7,10,12-13H2,1H3. The molecule has 2 aromatic carbocycles. The lowest BCUT2D eigenvalue weighted by molar-refractivity contribution is -0.120. The molecule has 4 rings (SSSR count). The molecule has 0 spiro atoms. The normalized spacial score (nSPS) is 16.1. The predicted molar refractivity (Wildman–Crippen MR) is 109 cm³/mol. The number of ether oxygens (including phenoxy) is 3. The van der Waals surface area contributed by atoms with Crippen molar-refractivity contribution >= 4 is 32.6 Å². The van der Waals surface area contributed by atoms with Crippen LogP contribution in [0, 0.1) is 5.82 Å². The van der Waals surface area contributed by atoms with Crippen molar-refractivity contribution in [1.82, 2.24) is 4.98 Å². The molecule has 152 valence electrons. The van der Waals surface area contributed by atoms with E-state index in [0.717, 1.165) is 12.8 Å². The molecule has 0 N–H and O–H groups in total. The monoisotopic (exact) mass is 416 g/mol. The topological polar surface area (TPSA) is 60.9 Å². The molecular formula is C21H21FN2O4S. The van der Waals surface area contributed by atoms with Crippen molar-refractivity contribution in [2.45, 2.75) is 18.9 Å². The molecule has 1 fully saturated rings. The Labute approximate surface area is 171 Å². The molecule has 1 aliphatic rings. The van der Waals surface area contributed by atoms with E-state index in [9.17, 15) is 9.18 Å². The summed E-state index contributed by atoms with van der Waals surface area (Å²) in [5.41, 5.74) is 0.270. The Morgan fingerprint density at radius 2 is 2.14 bits per heavy atom. The highest BCUT2D eigenvalue weighted by atomic mass is 32.1. The summed E-state index contributed by atoms with van der Waals surface area (Å²) in [7, 11) is 1.57. The predicted octanol–water partition coefficient (Wildman–Crippen LogP) is 4.04. The zero-order valence-electron chi connectivity index (χ0n) is 16.0. The van der Waals surface area contributed by atoms with E-state index in [4.69, 9.17) is 14.2 Å². The molecule has 1 atom stereocenters. The van der Waals surface area contributed by atoms with Gasteiger partial charge in [0.1, 0.15) is 22.8 Å². The Morgan fingerprint density at radius 3 is 2.90 bits per heavy atom. The number of thiazole rings is 1. The minimum Gasteiger partial charge on any atom is -0.497 e. The van der Waals surface area contributed by atoms with Crippen LogP contribution in [0.25, 0.3) is 10.2 Å². The van der Waals surface area contributed by atoms with E-state index in [0.29, 0.717) is 34.5 Å². The molecule has 3 aromatic rings. The van der Waals surface area contributed by atoms with Crippen molar-refractivity contribution < 1.29 is 23.4 Å². The summed E-state index contributed by atoms with van der Waals surface area (Å²) in [6.07, 6.45) is 1.77. The number of hydrogen-bond acceptors (Lipinski definition) is 6. The molecule has 0 saturated carbocycles. The van der Waals surface area contributed by atoms with Gasteiger partial charge in [-0.3, -0.25) is 9.69 Å². The molecular weight excluding hydrogens is 395 g/mol. The third-order valence-corrected chi connectivity index (χ3v) is 5.75. The minimum atomic E-state index is -0.401. The number of nitrogens with zero attached hydrogens (tertiary/aromatic N) is 2. The van der Waals surface area contributed by atoms with Crippen LogP contribution < -0.4 is 14.4 Å². The van der Waals surface area contributed by atoms with Gasteiger partial charge in [-0.1, -0.05) is 23.5 Å². The highest BCUT2D eigenvalue weighted by molar-refractivity contribution is 7.22. The van der Waals surface area contributed by atoms with Crippen LogP contribution in [0.5, 0.6) is 11.5 Å². The average Bonchev–Trinajstić information content (AvgIpc) is 3.40. The summed E-state index contributed by atoms with van der Waals surface area (Å²) in [4.78, 5) is 18.9. The first-order chi connectivity index (χ1) is 14.1. The molecule has 1 saturated heterocycles. The SMILES string of the molecule is COc1cccc(OCC(=O)N(CC2CCCO2)c2nc3c(F)cccc3s2)c1. The average molecular weight is 416 g/mol. The van der Waals surface area contributed by atoms with Crippen LogP contribution in [0.15, 0.2) is 42.5 Å². The molecule has 1 aromatic heterocycles. The molecule has 0 bridgehead atoms. The maximum absolute atomic E-state index is 14.1. The number of carbonyl (C=O) groups excluding carboxylic acids is 1. The molecule has 6 nitrogen and oxygen atoms in total. The van der Waals surface area contributed by atoms with E-state index < -0.39 is 5.82 Å². The second-order valence-electron chi connectivity index (χ2n) is 6.69. The largest absolute Gasteiger partial charge is 0.497 e. The van der Waals surface area contributed by atoms with Crippen molar-refractivity contribution in [2.24, 2.45) is 0 Å². The van der Waals surface area contributed by atoms with E-state index >= 15 is 0 Å². The van der Waals surface area contributed by atoms with Crippen molar-refractivity contribution in [3.05, 3.63) is 48.3 Å². The Morgan fingerprint density at radius 1 is 1.31 bits per heavy atom. The lowest BCUT2D eigenvalue weighted by Gasteiger charge is -2.23.